The van der Waals surface area contributed by atoms with Crippen LogP contribution in [0.5, 0.6) is 5.75 Å². The Morgan fingerprint density at radius 3 is 2.56 bits per heavy atom. The molecular weight excluding hydrogens is 364 g/mol. The molecule has 0 radical (unpaired) electrons. The second kappa shape index (κ2) is 9.42. The predicted molar refractivity (Wildman–Crippen MR) is 107 cm³/mol. The standard InChI is InChI=1S/C21H25ClN2O3/c1-14-9-10-15(2)19(11-14)27-13-20(25)24(16(3)21(26)23-4)12-17-7-5-6-8-18(17)22/h5-11,16H,12-13H2,1-4H3,(H,23,26)/t16-/m0/s1. The molecule has 0 saturated heterocycles. The lowest BCUT2D eigenvalue weighted by atomic mass is 10.1. The van der Waals surface area contributed by atoms with Crippen LogP contribution in [0.1, 0.15) is 23.6 Å². The lowest BCUT2D eigenvalue weighted by molar-refractivity contribution is -0.142. The predicted octanol–water partition coefficient (Wildman–Crippen LogP) is 3.50. The van der Waals surface area contributed by atoms with Crippen molar-refractivity contribution in [3.8, 4) is 5.75 Å². The Bertz CT molecular complexity index is 823. The van der Waals surface area contributed by atoms with E-state index in [4.69, 9.17) is 16.3 Å². The summed E-state index contributed by atoms with van der Waals surface area (Å²) in [6.45, 7) is 5.64. The summed E-state index contributed by atoms with van der Waals surface area (Å²) in [5.74, 6) is 0.128. The van der Waals surface area contributed by atoms with Gasteiger partial charge in [-0.2, -0.15) is 0 Å². The number of halogens is 1. The van der Waals surface area contributed by atoms with Crippen molar-refractivity contribution in [1.29, 1.82) is 0 Å². The second-order valence-electron chi connectivity index (χ2n) is 6.46. The van der Waals surface area contributed by atoms with E-state index in [-0.39, 0.29) is 25.0 Å². The van der Waals surface area contributed by atoms with E-state index in [2.05, 4.69) is 5.32 Å². The average molecular weight is 389 g/mol. The van der Waals surface area contributed by atoms with E-state index < -0.39 is 6.04 Å². The molecule has 2 aromatic rings. The first-order valence-electron chi connectivity index (χ1n) is 8.78. The van der Waals surface area contributed by atoms with Gasteiger partial charge in [-0.05, 0) is 49.6 Å². The van der Waals surface area contributed by atoms with Crippen LogP contribution in [0.4, 0.5) is 0 Å². The minimum Gasteiger partial charge on any atom is -0.483 e. The van der Waals surface area contributed by atoms with Gasteiger partial charge in [0.1, 0.15) is 11.8 Å². The maximum atomic E-state index is 12.9. The molecule has 0 aliphatic rings. The summed E-state index contributed by atoms with van der Waals surface area (Å²) in [7, 11) is 1.55. The number of carbonyl (C=O) groups excluding carboxylic acids is 2. The first-order valence-corrected chi connectivity index (χ1v) is 9.15. The van der Waals surface area contributed by atoms with Gasteiger partial charge in [0, 0.05) is 18.6 Å². The molecule has 6 heteroatoms. The lowest BCUT2D eigenvalue weighted by Crippen LogP contribution is -2.48. The molecule has 1 N–H and O–H groups in total. The molecule has 2 aromatic carbocycles. The van der Waals surface area contributed by atoms with Crippen LogP contribution in [0.15, 0.2) is 42.5 Å². The molecule has 2 amide bonds. The van der Waals surface area contributed by atoms with Gasteiger partial charge in [0.05, 0.1) is 0 Å². The van der Waals surface area contributed by atoms with Gasteiger partial charge >= 0.3 is 0 Å². The molecule has 2 rings (SSSR count). The normalized spacial score (nSPS) is 11.6. The Balaban J connectivity index is 2.18. The summed E-state index contributed by atoms with van der Waals surface area (Å²) >= 11 is 6.23. The quantitative estimate of drug-likeness (QED) is 0.789. The van der Waals surface area contributed by atoms with E-state index in [1.807, 2.05) is 50.2 Å². The molecule has 1 atom stereocenters. The van der Waals surface area contributed by atoms with Crippen LogP contribution < -0.4 is 10.1 Å². The molecule has 0 saturated carbocycles. The monoisotopic (exact) mass is 388 g/mol. The molecule has 0 aromatic heterocycles. The molecule has 0 bridgehead atoms. The van der Waals surface area contributed by atoms with Crippen molar-refractivity contribution >= 4 is 23.4 Å². The third-order valence-electron chi connectivity index (χ3n) is 4.41. The van der Waals surface area contributed by atoms with Crippen LogP contribution in [0.3, 0.4) is 0 Å². The highest BCUT2D eigenvalue weighted by molar-refractivity contribution is 6.31. The van der Waals surface area contributed by atoms with E-state index in [0.29, 0.717) is 10.8 Å². The Kier molecular flexibility index (Phi) is 7.25. The van der Waals surface area contributed by atoms with Crippen LogP contribution in [0.2, 0.25) is 5.02 Å². The number of carbonyl (C=O) groups is 2. The number of amides is 2. The average Bonchev–Trinajstić information content (AvgIpc) is 2.66. The fraction of sp³-hybridized carbons (Fsp3) is 0.333. The highest BCUT2D eigenvalue weighted by Gasteiger charge is 2.26. The zero-order valence-electron chi connectivity index (χ0n) is 16.1. The molecule has 5 nitrogen and oxygen atoms in total. The summed E-state index contributed by atoms with van der Waals surface area (Å²) in [5.41, 5.74) is 2.77. The molecule has 0 unspecified atom stereocenters. The van der Waals surface area contributed by atoms with Crippen LogP contribution >= 0.6 is 11.6 Å². The molecule has 0 aliphatic carbocycles. The highest BCUT2D eigenvalue weighted by atomic mass is 35.5. The second-order valence-corrected chi connectivity index (χ2v) is 6.87. The summed E-state index contributed by atoms with van der Waals surface area (Å²) in [6, 6.07) is 12.4. The lowest BCUT2D eigenvalue weighted by Gasteiger charge is -2.28. The summed E-state index contributed by atoms with van der Waals surface area (Å²) in [4.78, 5) is 26.5. The van der Waals surface area contributed by atoms with Crippen LogP contribution in [0.25, 0.3) is 0 Å². The summed E-state index contributed by atoms with van der Waals surface area (Å²) < 4.78 is 5.74. The van der Waals surface area contributed by atoms with Gasteiger partial charge in [-0.1, -0.05) is 41.9 Å². The van der Waals surface area contributed by atoms with E-state index in [1.165, 1.54) is 4.90 Å². The third kappa shape index (κ3) is 5.47. The number of nitrogens with one attached hydrogen (secondary N) is 1. The van der Waals surface area contributed by atoms with Gasteiger partial charge in [-0.25, -0.2) is 0 Å². The van der Waals surface area contributed by atoms with E-state index >= 15 is 0 Å². The van der Waals surface area contributed by atoms with E-state index in [1.54, 1.807) is 20.0 Å². The SMILES string of the molecule is CNC(=O)[C@H](C)N(Cc1ccccc1Cl)C(=O)COc1cc(C)ccc1C. The van der Waals surface area contributed by atoms with Gasteiger partial charge in [-0.15, -0.1) is 0 Å². The number of nitrogens with zero attached hydrogens (tertiary/aromatic N) is 1. The van der Waals surface area contributed by atoms with Gasteiger partial charge in [0.25, 0.3) is 5.91 Å². The first kappa shape index (κ1) is 20.8. The topological polar surface area (TPSA) is 58.6 Å². The van der Waals surface area contributed by atoms with Crippen molar-refractivity contribution in [1.82, 2.24) is 10.2 Å². The molecule has 0 heterocycles. The zero-order chi connectivity index (χ0) is 20.0. The number of hydrogen-bond acceptors (Lipinski definition) is 3. The molecule has 27 heavy (non-hydrogen) atoms. The number of benzene rings is 2. The van der Waals surface area contributed by atoms with E-state index in [9.17, 15) is 9.59 Å². The Morgan fingerprint density at radius 1 is 1.19 bits per heavy atom. The first-order chi connectivity index (χ1) is 12.8. The highest BCUT2D eigenvalue weighted by Crippen LogP contribution is 2.21. The largest absolute Gasteiger partial charge is 0.483 e. The van der Waals surface area contributed by atoms with Gasteiger partial charge in [0.2, 0.25) is 5.91 Å². The van der Waals surface area contributed by atoms with Crippen molar-refractivity contribution in [3.63, 3.8) is 0 Å². The molecule has 0 aliphatic heterocycles. The van der Waals surface area contributed by atoms with Crippen molar-refractivity contribution in [3.05, 3.63) is 64.2 Å². The van der Waals surface area contributed by atoms with Crippen molar-refractivity contribution in [2.24, 2.45) is 0 Å². The molecule has 0 spiro atoms. The minimum absolute atomic E-state index is 0.157. The van der Waals surface area contributed by atoms with Crippen molar-refractivity contribution in [2.45, 2.75) is 33.4 Å². The van der Waals surface area contributed by atoms with Crippen molar-refractivity contribution < 1.29 is 14.3 Å². The maximum Gasteiger partial charge on any atom is 0.261 e. The molecular formula is C21H25ClN2O3. The van der Waals surface area contributed by atoms with E-state index in [0.717, 1.165) is 16.7 Å². The molecule has 0 fully saturated rings. The van der Waals surface area contributed by atoms with Crippen molar-refractivity contribution in [2.75, 3.05) is 13.7 Å². The Hall–Kier alpha value is -2.53. The number of likely N-dealkylation sites (N-methyl/N-ethyl adjacent to an activating group) is 1. The smallest absolute Gasteiger partial charge is 0.261 e. The minimum atomic E-state index is -0.652. The van der Waals surface area contributed by atoms with Crippen LogP contribution in [-0.4, -0.2) is 36.4 Å². The number of hydrogen-bond donors (Lipinski definition) is 1. The van der Waals surface area contributed by atoms with Gasteiger partial charge < -0.3 is 15.0 Å². The van der Waals surface area contributed by atoms with Crippen LogP contribution in [-0.2, 0) is 16.1 Å². The fourth-order valence-corrected chi connectivity index (χ4v) is 2.88. The molecule has 144 valence electrons. The Labute approximate surface area is 165 Å². The number of rotatable bonds is 7. The fourth-order valence-electron chi connectivity index (χ4n) is 2.69. The van der Waals surface area contributed by atoms with Crippen LogP contribution in [0, 0.1) is 13.8 Å². The zero-order valence-corrected chi connectivity index (χ0v) is 16.8. The number of ether oxygens (including phenoxy) is 1. The van der Waals surface area contributed by atoms with Gasteiger partial charge in [-0.3, -0.25) is 9.59 Å². The Morgan fingerprint density at radius 2 is 1.89 bits per heavy atom. The summed E-state index contributed by atoms with van der Waals surface area (Å²) in [5, 5.41) is 3.14. The third-order valence-corrected chi connectivity index (χ3v) is 4.78. The summed E-state index contributed by atoms with van der Waals surface area (Å²) in [6.07, 6.45) is 0. The van der Waals surface area contributed by atoms with Gasteiger partial charge in [0.15, 0.2) is 6.61 Å². The number of aryl methyl sites for hydroxylation is 2. The maximum absolute atomic E-state index is 12.9.